The quantitative estimate of drug-likeness (QED) is 0.816. The summed E-state index contributed by atoms with van der Waals surface area (Å²) >= 11 is 0. The van der Waals surface area contributed by atoms with Crippen LogP contribution in [0.4, 0.5) is 0 Å². The number of piperazine rings is 1. The van der Waals surface area contributed by atoms with Crippen molar-refractivity contribution in [2.24, 2.45) is 0 Å². The van der Waals surface area contributed by atoms with Gasteiger partial charge in [0.25, 0.3) is 0 Å². The molecule has 0 spiro atoms. The third kappa shape index (κ3) is 4.95. The second-order valence-electron chi connectivity index (χ2n) is 7.34. The monoisotopic (exact) mass is 345 g/mol. The number of piperidine rings is 1. The lowest BCUT2D eigenvalue weighted by Gasteiger charge is -2.40. The van der Waals surface area contributed by atoms with Crippen LogP contribution >= 0.6 is 0 Å². The molecule has 1 atom stereocenters. The van der Waals surface area contributed by atoms with E-state index in [-0.39, 0.29) is 5.91 Å². The highest BCUT2D eigenvalue weighted by molar-refractivity contribution is 5.79. The standard InChI is InChI=1S/C20H31N3O2/c1-21-9-4-3-7-18(21)16-22-10-12-23(13-11-22)20(24)15-17-6-5-8-19(14-17)25-2/h5-6,8,14,18H,3-4,7,9-13,15-16H2,1-2H3. The molecule has 1 aromatic rings. The van der Waals surface area contributed by atoms with E-state index in [2.05, 4.69) is 16.8 Å². The van der Waals surface area contributed by atoms with E-state index in [0.29, 0.717) is 12.5 Å². The number of likely N-dealkylation sites (tertiary alicyclic amines) is 1. The van der Waals surface area contributed by atoms with Gasteiger partial charge in [0.2, 0.25) is 5.91 Å². The van der Waals surface area contributed by atoms with Gasteiger partial charge in [-0.3, -0.25) is 9.69 Å². The van der Waals surface area contributed by atoms with Gasteiger partial charge in [-0.25, -0.2) is 0 Å². The fourth-order valence-corrected chi connectivity index (χ4v) is 3.92. The summed E-state index contributed by atoms with van der Waals surface area (Å²) < 4.78 is 5.24. The van der Waals surface area contributed by atoms with Crippen LogP contribution in [0.5, 0.6) is 5.75 Å². The van der Waals surface area contributed by atoms with E-state index in [1.54, 1.807) is 7.11 Å². The molecule has 0 saturated carbocycles. The van der Waals surface area contributed by atoms with Crippen LogP contribution in [-0.2, 0) is 11.2 Å². The zero-order valence-corrected chi connectivity index (χ0v) is 15.6. The van der Waals surface area contributed by atoms with Crippen molar-refractivity contribution in [3.8, 4) is 5.75 Å². The molecule has 2 aliphatic heterocycles. The van der Waals surface area contributed by atoms with E-state index in [1.165, 1.54) is 25.8 Å². The van der Waals surface area contributed by atoms with Crippen molar-refractivity contribution < 1.29 is 9.53 Å². The Morgan fingerprint density at radius 2 is 1.96 bits per heavy atom. The summed E-state index contributed by atoms with van der Waals surface area (Å²) in [5.41, 5.74) is 1.02. The van der Waals surface area contributed by atoms with Gasteiger partial charge in [-0.1, -0.05) is 18.6 Å². The number of nitrogens with zero attached hydrogens (tertiary/aromatic N) is 3. The molecule has 1 aromatic carbocycles. The van der Waals surface area contributed by atoms with E-state index in [0.717, 1.165) is 44.0 Å². The second-order valence-corrected chi connectivity index (χ2v) is 7.34. The number of methoxy groups -OCH3 is 1. The van der Waals surface area contributed by atoms with Crippen LogP contribution in [-0.4, -0.2) is 80.1 Å². The minimum atomic E-state index is 0.225. The minimum Gasteiger partial charge on any atom is -0.497 e. The van der Waals surface area contributed by atoms with Crippen molar-refractivity contribution >= 4 is 5.91 Å². The van der Waals surface area contributed by atoms with E-state index < -0.39 is 0 Å². The molecule has 1 unspecified atom stereocenters. The molecule has 2 heterocycles. The predicted octanol–water partition coefficient (Wildman–Crippen LogP) is 1.87. The van der Waals surface area contributed by atoms with Gasteiger partial charge in [-0.05, 0) is 44.1 Å². The Balaban J connectivity index is 1.45. The van der Waals surface area contributed by atoms with Gasteiger partial charge < -0.3 is 14.5 Å². The number of ether oxygens (including phenoxy) is 1. The van der Waals surface area contributed by atoms with Crippen LogP contribution in [0.2, 0.25) is 0 Å². The zero-order chi connectivity index (χ0) is 17.6. The summed E-state index contributed by atoms with van der Waals surface area (Å²) in [5, 5.41) is 0. The lowest BCUT2D eigenvalue weighted by atomic mass is 10.0. The van der Waals surface area contributed by atoms with Crippen molar-refractivity contribution in [2.45, 2.75) is 31.7 Å². The van der Waals surface area contributed by atoms with Crippen LogP contribution in [0, 0.1) is 0 Å². The van der Waals surface area contributed by atoms with Gasteiger partial charge in [0.1, 0.15) is 5.75 Å². The molecule has 2 fully saturated rings. The van der Waals surface area contributed by atoms with E-state index in [4.69, 9.17) is 4.74 Å². The average Bonchev–Trinajstić information content (AvgIpc) is 2.64. The molecule has 2 aliphatic rings. The molecular weight excluding hydrogens is 314 g/mol. The zero-order valence-electron chi connectivity index (χ0n) is 15.6. The molecule has 1 amide bonds. The molecular formula is C20H31N3O2. The molecule has 0 aromatic heterocycles. The third-order valence-corrected chi connectivity index (χ3v) is 5.60. The number of likely N-dealkylation sites (N-methyl/N-ethyl adjacent to an activating group) is 1. The van der Waals surface area contributed by atoms with Gasteiger partial charge in [-0.15, -0.1) is 0 Å². The SMILES string of the molecule is COc1cccc(CC(=O)N2CCN(CC3CCCCN3C)CC2)c1. The Bertz CT molecular complexity index is 570. The molecule has 3 rings (SSSR count). The number of amides is 1. The first-order chi connectivity index (χ1) is 12.2. The second kappa shape index (κ2) is 8.68. The maximum absolute atomic E-state index is 12.6. The number of rotatable bonds is 5. The fourth-order valence-electron chi connectivity index (χ4n) is 3.92. The molecule has 5 nitrogen and oxygen atoms in total. The summed E-state index contributed by atoms with van der Waals surface area (Å²) in [6.45, 7) is 6.05. The molecule has 0 N–H and O–H groups in total. The fraction of sp³-hybridized carbons (Fsp3) is 0.650. The number of benzene rings is 1. The average molecular weight is 345 g/mol. The van der Waals surface area contributed by atoms with Crippen molar-refractivity contribution in [1.29, 1.82) is 0 Å². The Morgan fingerprint density at radius 1 is 1.16 bits per heavy atom. The van der Waals surface area contributed by atoms with Gasteiger partial charge in [-0.2, -0.15) is 0 Å². The van der Waals surface area contributed by atoms with Crippen LogP contribution in [0.3, 0.4) is 0 Å². The Hall–Kier alpha value is -1.59. The summed E-state index contributed by atoms with van der Waals surface area (Å²) in [4.78, 5) is 19.6. The Kier molecular flexibility index (Phi) is 6.32. The maximum atomic E-state index is 12.6. The van der Waals surface area contributed by atoms with Gasteiger partial charge in [0, 0.05) is 38.8 Å². The highest BCUT2D eigenvalue weighted by atomic mass is 16.5. The van der Waals surface area contributed by atoms with Crippen LogP contribution in [0.25, 0.3) is 0 Å². The van der Waals surface area contributed by atoms with Crippen molar-refractivity contribution in [1.82, 2.24) is 14.7 Å². The first-order valence-electron chi connectivity index (χ1n) is 9.49. The molecule has 25 heavy (non-hydrogen) atoms. The first-order valence-corrected chi connectivity index (χ1v) is 9.49. The summed E-state index contributed by atoms with van der Waals surface area (Å²) in [5.74, 6) is 1.04. The lowest BCUT2D eigenvalue weighted by molar-refractivity contribution is -0.132. The van der Waals surface area contributed by atoms with E-state index in [9.17, 15) is 4.79 Å². The van der Waals surface area contributed by atoms with Crippen molar-refractivity contribution in [3.05, 3.63) is 29.8 Å². The van der Waals surface area contributed by atoms with E-state index in [1.807, 2.05) is 29.2 Å². The summed E-state index contributed by atoms with van der Waals surface area (Å²) in [6, 6.07) is 8.49. The van der Waals surface area contributed by atoms with Crippen LogP contribution < -0.4 is 4.74 Å². The Labute approximate surface area is 151 Å². The van der Waals surface area contributed by atoms with Gasteiger partial charge in [0.05, 0.1) is 13.5 Å². The van der Waals surface area contributed by atoms with Crippen molar-refractivity contribution in [2.75, 3.05) is 53.4 Å². The van der Waals surface area contributed by atoms with E-state index >= 15 is 0 Å². The topological polar surface area (TPSA) is 36.0 Å². The third-order valence-electron chi connectivity index (χ3n) is 5.60. The normalized spacial score (nSPS) is 22.8. The Morgan fingerprint density at radius 3 is 2.68 bits per heavy atom. The number of carbonyl (C=O) groups excluding carboxylic acids is 1. The minimum absolute atomic E-state index is 0.225. The molecule has 2 saturated heterocycles. The molecule has 0 bridgehead atoms. The highest BCUT2D eigenvalue weighted by Crippen LogP contribution is 2.18. The summed E-state index contributed by atoms with van der Waals surface area (Å²) in [6.07, 6.45) is 4.46. The lowest BCUT2D eigenvalue weighted by Crippen LogP contribution is -2.53. The number of hydrogen-bond acceptors (Lipinski definition) is 4. The number of hydrogen-bond donors (Lipinski definition) is 0. The molecule has 0 radical (unpaired) electrons. The predicted molar refractivity (Wildman–Crippen MR) is 100.0 cm³/mol. The smallest absolute Gasteiger partial charge is 0.227 e. The number of carbonyl (C=O) groups is 1. The van der Waals surface area contributed by atoms with Gasteiger partial charge in [0.15, 0.2) is 0 Å². The molecule has 0 aliphatic carbocycles. The van der Waals surface area contributed by atoms with Crippen LogP contribution in [0.15, 0.2) is 24.3 Å². The largest absolute Gasteiger partial charge is 0.497 e. The first kappa shape index (κ1) is 18.2. The molecule has 5 heteroatoms. The van der Waals surface area contributed by atoms with Crippen molar-refractivity contribution in [3.63, 3.8) is 0 Å². The summed E-state index contributed by atoms with van der Waals surface area (Å²) in [7, 11) is 3.90. The van der Waals surface area contributed by atoms with Gasteiger partial charge >= 0.3 is 0 Å². The molecule has 138 valence electrons. The highest BCUT2D eigenvalue weighted by Gasteiger charge is 2.25. The maximum Gasteiger partial charge on any atom is 0.227 e. The van der Waals surface area contributed by atoms with Crippen LogP contribution in [0.1, 0.15) is 24.8 Å².